The number of carbonyl (C=O) groups excluding carboxylic acids is 1. The van der Waals surface area contributed by atoms with Gasteiger partial charge >= 0.3 is 5.97 Å². The Kier molecular flexibility index (Phi) is 4.30. The van der Waals surface area contributed by atoms with E-state index in [9.17, 15) is 4.79 Å². The zero-order valence-corrected chi connectivity index (χ0v) is 13.2. The van der Waals surface area contributed by atoms with Crippen LogP contribution in [-0.2, 0) is 20.8 Å². The van der Waals surface area contributed by atoms with Crippen molar-refractivity contribution in [3.8, 4) is 6.07 Å². The molecule has 2 aromatic rings. The van der Waals surface area contributed by atoms with Gasteiger partial charge < -0.3 is 9.57 Å². The van der Waals surface area contributed by atoms with E-state index in [0.29, 0.717) is 24.1 Å². The van der Waals surface area contributed by atoms with Gasteiger partial charge in [0.25, 0.3) is 0 Å². The lowest BCUT2D eigenvalue weighted by Gasteiger charge is -2.23. The molecule has 1 aliphatic rings. The largest absolute Gasteiger partial charge is 0.466 e. The van der Waals surface area contributed by atoms with Crippen LogP contribution in [-0.4, -0.2) is 24.4 Å². The maximum atomic E-state index is 12.4. The van der Waals surface area contributed by atoms with Crippen LogP contribution in [0.3, 0.4) is 0 Å². The normalized spacial score (nSPS) is 19.1. The molecular weight excluding hydrogens is 304 g/mol. The first-order chi connectivity index (χ1) is 11.7. The van der Waals surface area contributed by atoms with Gasteiger partial charge in [-0.05, 0) is 17.7 Å². The maximum Gasteiger partial charge on any atom is 0.353 e. The number of hydrogen-bond donors (Lipinski definition) is 0. The van der Waals surface area contributed by atoms with Gasteiger partial charge in [-0.15, -0.1) is 0 Å². The minimum absolute atomic E-state index is 0.295. The highest BCUT2D eigenvalue weighted by Gasteiger charge is 2.48. The minimum Gasteiger partial charge on any atom is -0.466 e. The van der Waals surface area contributed by atoms with E-state index in [1.54, 1.807) is 18.2 Å². The predicted molar refractivity (Wildman–Crippen MR) is 88.3 cm³/mol. The quantitative estimate of drug-likeness (QED) is 0.812. The zero-order chi connectivity index (χ0) is 17.0. The molecule has 0 N–H and O–H groups in total. The molecule has 120 valence electrons. The second kappa shape index (κ2) is 6.55. The van der Waals surface area contributed by atoms with E-state index in [1.165, 1.54) is 7.11 Å². The summed E-state index contributed by atoms with van der Waals surface area (Å²) in [5, 5.41) is 13.1. The smallest absolute Gasteiger partial charge is 0.353 e. The summed E-state index contributed by atoms with van der Waals surface area (Å²) in [7, 11) is 1.34. The molecule has 5 heteroatoms. The fourth-order valence-corrected chi connectivity index (χ4v) is 2.79. The van der Waals surface area contributed by atoms with Crippen LogP contribution in [0.5, 0.6) is 0 Å². The minimum atomic E-state index is -1.17. The summed E-state index contributed by atoms with van der Waals surface area (Å²) >= 11 is 0. The molecule has 0 saturated carbocycles. The molecule has 0 amide bonds. The number of carbonyl (C=O) groups is 1. The van der Waals surface area contributed by atoms with Crippen molar-refractivity contribution in [2.24, 2.45) is 5.16 Å². The summed E-state index contributed by atoms with van der Waals surface area (Å²) in [5.74, 6) is -0.457. The number of hydrogen-bond acceptors (Lipinski definition) is 5. The Bertz CT molecular complexity index is 824. The molecular formula is C19H16N2O3. The SMILES string of the molecule is COC(=O)C1(Cc2ccccc2)CC(c2cccc(C#N)c2)=NO1. The molecule has 1 aliphatic heterocycles. The topological polar surface area (TPSA) is 71.7 Å². The Morgan fingerprint density at radius 1 is 1.29 bits per heavy atom. The molecule has 2 aromatic carbocycles. The van der Waals surface area contributed by atoms with E-state index in [-0.39, 0.29) is 0 Å². The summed E-state index contributed by atoms with van der Waals surface area (Å²) in [6, 6.07) is 18.8. The van der Waals surface area contributed by atoms with Crippen molar-refractivity contribution in [3.05, 3.63) is 71.3 Å². The Labute approximate surface area is 140 Å². The predicted octanol–water partition coefficient (Wildman–Crippen LogP) is 2.84. The summed E-state index contributed by atoms with van der Waals surface area (Å²) in [6.45, 7) is 0. The van der Waals surface area contributed by atoms with Crippen molar-refractivity contribution in [3.63, 3.8) is 0 Å². The third-order valence-electron chi connectivity index (χ3n) is 4.00. The summed E-state index contributed by atoms with van der Waals surface area (Å²) in [4.78, 5) is 17.9. The van der Waals surface area contributed by atoms with Gasteiger partial charge in [0.05, 0.1) is 24.5 Å². The van der Waals surface area contributed by atoms with E-state index >= 15 is 0 Å². The number of esters is 1. The highest BCUT2D eigenvalue weighted by Crippen LogP contribution is 2.32. The van der Waals surface area contributed by atoms with Crippen LogP contribution in [0.4, 0.5) is 0 Å². The number of ether oxygens (including phenoxy) is 1. The van der Waals surface area contributed by atoms with Crippen molar-refractivity contribution in [1.82, 2.24) is 0 Å². The van der Waals surface area contributed by atoms with Gasteiger partial charge in [0, 0.05) is 18.4 Å². The third-order valence-corrected chi connectivity index (χ3v) is 4.00. The number of nitriles is 1. The second-order valence-electron chi connectivity index (χ2n) is 5.65. The Morgan fingerprint density at radius 2 is 2.08 bits per heavy atom. The number of benzene rings is 2. The highest BCUT2D eigenvalue weighted by atomic mass is 16.7. The fraction of sp³-hybridized carbons (Fsp3) is 0.211. The van der Waals surface area contributed by atoms with Crippen LogP contribution in [0.25, 0.3) is 0 Å². The lowest BCUT2D eigenvalue weighted by Crippen LogP contribution is -2.42. The monoisotopic (exact) mass is 320 g/mol. The Balaban J connectivity index is 1.88. The van der Waals surface area contributed by atoms with Gasteiger partial charge in [-0.2, -0.15) is 5.26 Å². The van der Waals surface area contributed by atoms with E-state index in [1.807, 2.05) is 36.4 Å². The fourth-order valence-electron chi connectivity index (χ4n) is 2.79. The van der Waals surface area contributed by atoms with Gasteiger partial charge in [-0.25, -0.2) is 4.79 Å². The standard InChI is InChI=1S/C19H16N2O3/c1-23-18(22)19(11-14-6-3-2-4-7-14)12-17(21-24-19)16-9-5-8-15(10-16)13-20/h2-10H,11-12H2,1H3. The Morgan fingerprint density at radius 3 is 2.79 bits per heavy atom. The first-order valence-electron chi connectivity index (χ1n) is 7.55. The van der Waals surface area contributed by atoms with Gasteiger partial charge in [0.15, 0.2) is 0 Å². The van der Waals surface area contributed by atoms with Crippen LogP contribution in [0, 0.1) is 11.3 Å². The van der Waals surface area contributed by atoms with Gasteiger partial charge in [0.2, 0.25) is 5.60 Å². The number of rotatable bonds is 4. The van der Waals surface area contributed by atoms with E-state index < -0.39 is 11.6 Å². The molecule has 0 radical (unpaired) electrons. The molecule has 3 rings (SSSR count). The zero-order valence-electron chi connectivity index (χ0n) is 13.2. The van der Waals surface area contributed by atoms with Crippen LogP contribution in [0.2, 0.25) is 0 Å². The number of oxime groups is 1. The molecule has 1 unspecified atom stereocenters. The molecule has 0 bridgehead atoms. The number of methoxy groups -OCH3 is 1. The van der Waals surface area contributed by atoms with Gasteiger partial charge in [-0.1, -0.05) is 47.6 Å². The summed E-state index contributed by atoms with van der Waals surface area (Å²) in [5.41, 5.74) is 1.73. The first kappa shape index (κ1) is 15.8. The third kappa shape index (κ3) is 2.99. The van der Waals surface area contributed by atoms with E-state index in [4.69, 9.17) is 14.8 Å². The van der Waals surface area contributed by atoms with Crippen LogP contribution in [0.1, 0.15) is 23.1 Å². The van der Waals surface area contributed by atoms with Crippen LogP contribution >= 0.6 is 0 Å². The van der Waals surface area contributed by atoms with Crippen molar-refractivity contribution in [2.45, 2.75) is 18.4 Å². The Hall–Kier alpha value is -3.13. The molecule has 24 heavy (non-hydrogen) atoms. The molecule has 0 fully saturated rings. The molecule has 1 atom stereocenters. The average Bonchev–Trinajstić information content (AvgIpc) is 3.07. The molecule has 0 aliphatic carbocycles. The maximum absolute atomic E-state index is 12.4. The van der Waals surface area contributed by atoms with Gasteiger partial charge in [0.1, 0.15) is 0 Å². The summed E-state index contributed by atoms with van der Waals surface area (Å²) < 4.78 is 4.95. The molecule has 5 nitrogen and oxygen atoms in total. The molecule has 0 spiro atoms. The first-order valence-corrected chi connectivity index (χ1v) is 7.55. The van der Waals surface area contributed by atoms with Crippen molar-refractivity contribution >= 4 is 11.7 Å². The number of nitrogens with zero attached hydrogens (tertiary/aromatic N) is 2. The van der Waals surface area contributed by atoms with E-state index in [0.717, 1.165) is 11.1 Å². The van der Waals surface area contributed by atoms with Crippen LogP contribution in [0.15, 0.2) is 59.8 Å². The van der Waals surface area contributed by atoms with E-state index in [2.05, 4.69) is 11.2 Å². The molecule has 1 heterocycles. The lowest BCUT2D eigenvalue weighted by atomic mass is 9.88. The molecule has 0 aromatic heterocycles. The average molecular weight is 320 g/mol. The van der Waals surface area contributed by atoms with Crippen molar-refractivity contribution in [1.29, 1.82) is 5.26 Å². The lowest BCUT2D eigenvalue weighted by molar-refractivity contribution is -0.166. The van der Waals surface area contributed by atoms with Crippen LogP contribution < -0.4 is 0 Å². The summed E-state index contributed by atoms with van der Waals surface area (Å²) in [6.07, 6.45) is 0.662. The van der Waals surface area contributed by atoms with Crippen molar-refractivity contribution < 1.29 is 14.4 Å². The highest BCUT2D eigenvalue weighted by molar-refractivity contribution is 6.05. The van der Waals surface area contributed by atoms with Gasteiger partial charge in [-0.3, -0.25) is 0 Å². The van der Waals surface area contributed by atoms with Crippen molar-refractivity contribution in [2.75, 3.05) is 7.11 Å². The molecule has 0 saturated heterocycles. The second-order valence-corrected chi connectivity index (χ2v) is 5.65.